The third-order valence-corrected chi connectivity index (χ3v) is 6.17. The molecule has 1 amide bonds. The minimum absolute atomic E-state index is 0.122. The zero-order chi connectivity index (χ0) is 21.7. The first-order valence-corrected chi connectivity index (χ1v) is 10.7. The molecule has 160 valence electrons. The molecule has 0 aliphatic carbocycles. The van der Waals surface area contributed by atoms with Gasteiger partial charge in [0.05, 0.1) is 12.5 Å². The summed E-state index contributed by atoms with van der Waals surface area (Å²) in [5.74, 6) is 0.981. The normalized spacial score (nSPS) is 18.6. The van der Waals surface area contributed by atoms with Gasteiger partial charge in [0, 0.05) is 32.5 Å². The quantitative estimate of drug-likeness (QED) is 0.635. The molecule has 1 fully saturated rings. The average Bonchev–Trinajstić information content (AvgIpc) is 3.23. The Bertz CT molecular complexity index is 1020. The van der Waals surface area contributed by atoms with Gasteiger partial charge in [-0.1, -0.05) is 42.5 Å². The number of methoxy groups -OCH3 is 1. The summed E-state index contributed by atoms with van der Waals surface area (Å²) in [6.45, 7) is 2.48. The lowest BCUT2D eigenvalue weighted by Crippen LogP contribution is -2.43. The number of nitrogens with zero attached hydrogens (tertiary/aromatic N) is 2. The van der Waals surface area contributed by atoms with Crippen LogP contribution in [0.4, 0.5) is 0 Å². The molecule has 0 saturated carbocycles. The van der Waals surface area contributed by atoms with Gasteiger partial charge in [-0.2, -0.15) is 0 Å². The highest BCUT2D eigenvalue weighted by Gasteiger charge is 2.44. The van der Waals surface area contributed by atoms with Crippen LogP contribution in [0.5, 0.6) is 5.75 Å². The summed E-state index contributed by atoms with van der Waals surface area (Å²) in [6, 6.07) is 20.6. The fraction of sp³-hybridized carbons (Fsp3) is 0.308. The molecule has 3 aromatic rings. The van der Waals surface area contributed by atoms with Gasteiger partial charge in [0.1, 0.15) is 5.75 Å². The average molecular weight is 416 g/mol. The molecule has 1 atom stereocenters. The zero-order valence-corrected chi connectivity index (χ0v) is 18.2. The van der Waals surface area contributed by atoms with Crippen molar-refractivity contribution in [3.05, 3.63) is 84.2 Å². The monoisotopic (exact) mass is 415 g/mol. The molecule has 1 aromatic heterocycles. The number of hydrogen-bond donors (Lipinski definition) is 1. The van der Waals surface area contributed by atoms with Crippen LogP contribution in [0.3, 0.4) is 0 Å². The number of pyridine rings is 1. The van der Waals surface area contributed by atoms with Gasteiger partial charge in [0.15, 0.2) is 0 Å². The molecule has 0 unspecified atom stereocenters. The second kappa shape index (κ2) is 9.31. The van der Waals surface area contributed by atoms with Gasteiger partial charge in [-0.15, -0.1) is 0 Å². The van der Waals surface area contributed by atoms with Crippen molar-refractivity contribution in [3.63, 3.8) is 0 Å². The smallest absolute Gasteiger partial charge is 0.227 e. The maximum atomic E-state index is 13.0. The Labute approximate surface area is 184 Å². The topological polar surface area (TPSA) is 54.5 Å². The highest BCUT2D eigenvalue weighted by Crippen LogP contribution is 2.36. The van der Waals surface area contributed by atoms with Crippen LogP contribution in [0.1, 0.15) is 17.5 Å². The second-order valence-corrected chi connectivity index (χ2v) is 8.29. The fourth-order valence-corrected chi connectivity index (χ4v) is 4.54. The first-order valence-electron chi connectivity index (χ1n) is 10.7. The minimum atomic E-state index is -0.422. The molecular weight excluding hydrogens is 386 g/mol. The predicted molar refractivity (Wildman–Crippen MR) is 123 cm³/mol. The number of nitrogens with one attached hydrogen (secondary N) is 1. The van der Waals surface area contributed by atoms with Gasteiger partial charge in [-0.25, -0.2) is 0 Å². The van der Waals surface area contributed by atoms with Crippen molar-refractivity contribution in [1.82, 2.24) is 15.2 Å². The van der Waals surface area contributed by atoms with E-state index in [1.165, 1.54) is 11.1 Å². The maximum Gasteiger partial charge on any atom is 0.227 e. The van der Waals surface area contributed by atoms with Crippen LogP contribution >= 0.6 is 0 Å². The number of amides is 1. The molecule has 2 heterocycles. The van der Waals surface area contributed by atoms with Crippen LogP contribution in [-0.4, -0.2) is 43.0 Å². The second-order valence-electron chi connectivity index (χ2n) is 8.29. The highest BCUT2D eigenvalue weighted by atomic mass is 16.5. The third kappa shape index (κ3) is 4.78. The maximum absolute atomic E-state index is 13.0. The lowest BCUT2D eigenvalue weighted by molar-refractivity contribution is -0.130. The molecule has 5 nitrogen and oxygen atoms in total. The van der Waals surface area contributed by atoms with E-state index in [9.17, 15) is 4.79 Å². The third-order valence-electron chi connectivity index (χ3n) is 6.17. The van der Waals surface area contributed by atoms with Crippen molar-refractivity contribution in [2.24, 2.45) is 5.41 Å². The molecule has 31 heavy (non-hydrogen) atoms. The molecule has 1 aliphatic rings. The van der Waals surface area contributed by atoms with Crippen molar-refractivity contribution in [2.75, 3.05) is 27.2 Å². The first-order chi connectivity index (χ1) is 15.1. The lowest BCUT2D eigenvalue weighted by atomic mass is 9.79. The Hall–Kier alpha value is -3.18. The number of benzene rings is 2. The molecule has 2 aromatic carbocycles. The highest BCUT2D eigenvalue weighted by molar-refractivity contribution is 5.83. The van der Waals surface area contributed by atoms with E-state index in [1.54, 1.807) is 20.4 Å². The standard InChI is InChI=1S/C26H29N3O2/c1-27-25(30)26(12-14-29(19-26)18-20-8-10-24(31-2)11-9-20)16-21-5-3-6-22(15-21)23-7-4-13-28-17-23/h3-11,13,15,17H,12,14,16,18-19H2,1-2H3,(H,27,30)/t26-/m0/s1. The number of carbonyl (C=O) groups is 1. The van der Waals surface area contributed by atoms with Crippen LogP contribution in [0.15, 0.2) is 73.1 Å². The van der Waals surface area contributed by atoms with Crippen molar-refractivity contribution in [3.8, 4) is 16.9 Å². The van der Waals surface area contributed by atoms with E-state index in [2.05, 4.69) is 57.7 Å². The summed E-state index contributed by atoms with van der Waals surface area (Å²) >= 11 is 0. The van der Waals surface area contributed by atoms with Crippen LogP contribution in [0.25, 0.3) is 11.1 Å². The van der Waals surface area contributed by atoms with Crippen molar-refractivity contribution < 1.29 is 9.53 Å². The van der Waals surface area contributed by atoms with E-state index >= 15 is 0 Å². The number of likely N-dealkylation sites (tertiary alicyclic amines) is 1. The number of hydrogen-bond acceptors (Lipinski definition) is 4. The van der Waals surface area contributed by atoms with Crippen molar-refractivity contribution in [1.29, 1.82) is 0 Å². The zero-order valence-electron chi connectivity index (χ0n) is 18.2. The molecular formula is C26H29N3O2. The Balaban J connectivity index is 1.52. The van der Waals surface area contributed by atoms with E-state index in [-0.39, 0.29) is 5.91 Å². The van der Waals surface area contributed by atoms with Crippen LogP contribution in [-0.2, 0) is 17.8 Å². The van der Waals surface area contributed by atoms with E-state index in [4.69, 9.17) is 4.74 Å². The van der Waals surface area contributed by atoms with Crippen LogP contribution < -0.4 is 10.1 Å². The van der Waals surface area contributed by atoms with Gasteiger partial charge < -0.3 is 10.1 Å². The number of carbonyl (C=O) groups excluding carboxylic acids is 1. The van der Waals surface area contributed by atoms with E-state index in [0.717, 1.165) is 49.4 Å². The summed E-state index contributed by atoms with van der Waals surface area (Å²) in [5.41, 5.74) is 4.20. The van der Waals surface area contributed by atoms with Gasteiger partial charge in [-0.05, 0) is 59.8 Å². The summed E-state index contributed by atoms with van der Waals surface area (Å²) in [4.78, 5) is 19.6. The summed E-state index contributed by atoms with van der Waals surface area (Å²) < 4.78 is 5.26. The molecule has 0 bridgehead atoms. The van der Waals surface area contributed by atoms with Crippen molar-refractivity contribution >= 4 is 5.91 Å². The number of rotatable bonds is 7. The molecule has 1 saturated heterocycles. The van der Waals surface area contributed by atoms with E-state index in [1.807, 2.05) is 24.4 Å². The number of ether oxygens (including phenoxy) is 1. The van der Waals surface area contributed by atoms with Gasteiger partial charge >= 0.3 is 0 Å². The van der Waals surface area contributed by atoms with E-state index < -0.39 is 5.41 Å². The lowest BCUT2D eigenvalue weighted by Gasteiger charge is -2.28. The summed E-state index contributed by atoms with van der Waals surface area (Å²) in [6.07, 6.45) is 5.23. The molecule has 1 aliphatic heterocycles. The Morgan fingerprint density at radius 1 is 1.10 bits per heavy atom. The van der Waals surface area contributed by atoms with Crippen LogP contribution in [0, 0.1) is 5.41 Å². The molecule has 0 radical (unpaired) electrons. The molecule has 5 heteroatoms. The fourth-order valence-electron chi connectivity index (χ4n) is 4.54. The van der Waals surface area contributed by atoms with Gasteiger partial charge in [-0.3, -0.25) is 14.7 Å². The largest absolute Gasteiger partial charge is 0.497 e. The molecule has 4 rings (SSSR count). The van der Waals surface area contributed by atoms with Crippen molar-refractivity contribution in [2.45, 2.75) is 19.4 Å². The Morgan fingerprint density at radius 2 is 1.90 bits per heavy atom. The van der Waals surface area contributed by atoms with Crippen LogP contribution in [0.2, 0.25) is 0 Å². The minimum Gasteiger partial charge on any atom is -0.497 e. The van der Waals surface area contributed by atoms with Gasteiger partial charge in [0.2, 0.25) is 5.91 Å². The Morgan fingerprint density at radius 3 is 2.61 bits per heavy atom. The Kier molecular flexibility index (Phi) is 6.33. The molecule has 1 N–H and O–H groups in total. The summed E-state index contributed by atoms with van der Waals surface area (Å²) in [5, 5.41) is 2.92. The first kappa shape index (κ1) is 21.1. The summed E-state index contributed by atoms with van der Waals surface area (Å²) in [7, 11) is 3.42. The number of aromatic nitrogens is 1. The van der Waals surface area contributed by atoms with Gasteiger partial charge in [0.25, 0.3) is 0 Å². The predicted octanol–water partition coefficient (Wildman–Crippen LogP) is 3.94. The SMILES string of the molecule is CNC(=O)[C@]1(Cc2cccc(-c3cccnc3)c2)CCN(Cc2ccc(OC)cc2)C1. The van der Waals surface area contributed by atoms with E-state index in [0.29, 0.717) is 0 Å². The molecule has 0 spiro atoms.